The van der Waals surface area contributed by atoms with Gasteiger partial charge in [-0.2, -0.15) is 0 Å². The van der Waals surface area contributed by atoms with Gasteiger partial charge in [-0.1, -0.05) is 116 Å². The van der Waals surface area contributed by atoms with E-state index in [-0.39, 0.29) is 62.1 Å². The van der Waals surface area contributed by atoms with E-state index in [1.54, 1.807) is 0 Å². The van der Waals surface area contributed by atoms with Crippen molar-refractivity contribution in [2.75, 3.05) is 106 Å². The van der Waals surface area contributed by atoms with Crippen molar-refractivity contribution in [3.05, 3.63) is 0 Å². The SMILES string of the molecule is C[N+](C)(CCN)CC(=O)NCCOCCOCC(=O)NCCCCCCCCCCOCCOCCNC(=O)CCC(NC(=O)CCCCCCCCCCCCCCCCC(=O)O)C(=O)O.N. The number of carbonyl (C=O) groups is 6. The first kappa shape index (κ1) is 66.6. The van der Waals surface area contributed by atoms with Crippen molar-refractivity contribution in [1.29, 1.82) is 0 Å². The zero-order valence-electron chi connectivity index (χ0n) is 42.6. The van der Waals surface area contributed by atoms with Crippen LogP contribution < -0.4 is 33.2 Å². The van der Waals surface area contributed by atoms with Gasteiger partial charge in [0.1, 0.15) is 12.6 Å². The van der Waals surface area contributed by atoms with Crippen LogP contribution in [0.1, 0.15) is 167 Å². The molecule has 0 rings (SSSR count). The summed E-state index contributed by atoms with van der Waals surface area (Å²) in [5.41, 5.74) is 5.58. The van der Waals surface area contributed by atoms with Crippen molar-refractivity contribution in [2.24, 2.45) is 5.73 Å². The highest BCUT2D eigenvalue weighted by Crippen LogP contribution is 2.14. The van der Waals surface area contributed by atoms with E-state index in [9.17, 15) is 33.9 Å². The van der Waals surface area contributed by atoms with Gasteiger partial charge in [0, 0.05) is 52.0 Å². The number of nitrogens with zero attached hydrogens (tertiary/aromatic N) is 1. The molecule has 1 unspecified atom stereocenters. The molecule has 4 amide bonds. The molecule has 0 saturated heterocycles. The van der Waals surface area contributed by atoms with Crippen molar-refractivity contribution in [3.63, 3.8) is 0 Å². The fourth-order valence-corrected chi connectivity index (χ4v) is 7.34. The highest BCUT2D eigenvalue weighted by atomic mass is 16.5. The summed E-state index contributed by atoms with van der Waals surface area (Å²) in [6, 6.07) is -1.10. The lowest BCUT2D eigenvalue weighted by Gasteiger charge is -2.28. The number of likely N-dealkylation sites (N-methyl/N-ethyl adjacent to an activating group) is 1. The highest BCUT2D eigenvalue weighted by Gasteiger charge is 2.21. The van der Waals surface area contributed by atoms with Gasteiger partial charge in [0.2, 0.25) is 17.7 Å². The zero-order valence-corrected chi connectivity index (χ0v) is 42.6. The maximum absolute atomic E-state index is 12.4. The van der Waals surface area contributed by atoms with Gasteiger partial charge in [-0.25, -0.2) is 4.79 Å². The van der Waals surface area contributed by atoms with Crippen LogP contribution in [0.4, 0.5) is 0 Å². The third kappa shape index (κ3) is 49.0. The first-order chi connectivity index (χ1) is 32.4. The lowest BCUT2D eigenvalue weighted by Crippen LogP contribution is -2.50. The molecule has 19 heteroatoms. The molecule has 0 saturated carbocycles. The summed E-state index contributed by atoms with van der Waals surface area (Å²) in [5.74, 6) is -2.61. The van der Waals surface area contributed by atoms with Gasteiger partial charge in [0.05, 0.1) is 60.3 Å². The first-order valence-electron chi connectivity index (χ1n) is 25.7. The van der Waals surface area contributed by atoms with Gasteiger partial charge in [-0.3, -0.25) is 24.0 Å². The molecular weight excluding hydrogens is 879 g/mol. The molecule has 0 aromatic heterocycles. The molecule has 0 radical (unpaired) electrons. The highest BCUT2D eigenvalue weighted by molar-refractivity contribution is 5.84. The number of aliphatic carboxylic acids is 2. The Morgan fingerprint density at radius 2 is 0.897 bits per heavy atom. The van der Waals surface area contributed by atoms with E-state index in [0.717, 1.165) is 83.6 Å². The number of amides is 4. The van der Waals surface area contributed by atoms with E-state index in [1.165, 1.54) is 57.8 Å². The Morgan fingerprint density at radius 3 is 1.40 bits per heavy atom. The van der Waals surface area contributed by atoms with Crippen molar-refractivity contribution >= 4 is 35.6 Å². The third-order valence-electron chi connectivity index (χ3n) is 11.3. The summed E-state index contributed by atoms with van der Waals surface area (Å²) in [6.07, 6.45) is 24.6. The molecule has 0 aromatic rings. The van der Waals surface area contributed by atoms with Crippen LogP contribution in [-0.2, 0) is 47.7 Å². The van der Waals surface area contributed by atoms with E-state index in [0.29, 0.717) is 89.9 Å². The molecule has 11 N–H and O–H groups in total. The van der Waals surface area contributed by atoms with Crippen molar-refractivity contribution in [2.45, 2.75) is 173 Å². The Balaban J connectivity index is 0. The summed E-state index contributed by atoms with van der Waals surface area (Å²) in [7, 11) is 3.93. The van der Waals surface area contributed by atoms with Crippen LogP contribution in [-0.4, -0.2) is 163 Å². The molecule has 0 aromatic carbocycles. The number of hydrogen-bond acceptors (Lipinski definition) is 12. The van der Waals surface area contributed by atoms with Crippen LogP contribution in [0.3, 0.4) is 0 Å². The minimum absolute atomic E-state index is 0. The summed E-state index contributed by atoms with van der Waals surface area (Å²) in [6.45, 7) is 5.95. The predicted octanol–water partition coefficient (Wildman–Crippen LogP) is 5.40. The van der Waals surface area contributed by atoms with Gasteiger partial charge in [0.25, 0.3) is 5.91 Å². The number of carbonyl (C=O) groups excluding carboxylic acids is 4. The largest absolute Gasteiger partial charge is 0.481 e. The molecule has 1 atom stereocenters. The smallest absolute Gasteiger partial charge is 0.326 e. The van der Waals surface area contributed by atoms with E-state index >= 15 is 0 Å². The number of hydrogen-bond donors (Lipinski definition) is 8. The fraction of sp³-hybridized carbons (Fsp3) is 0.878. The molecule has 0 aliphatic rings. The Hall–Kier alpha value is -3.46. The monoisotopic (exact) mass is 977 g/mol. The van der Waals surface area contributed by atoms with E-state index in [1.807, 2.05) is 14.1 Å². The van der Waals surface area contributed by atoms with Crippen molar-refractivity contribution in [1.82, 2.24) is 27.4 Å². The fourth-order valence-electron chi connectivity index (χ4n) is 7.34. The van der Waals surface area contributed by atoms with Crippen LogP contribution in [0.5, 0.6) is 0 Å². The molecule has 68 heavy (non-hydrogen) atoms. The molecular formula is C49H98N7O12+. The number of carboxylic acids is 2. The van der Waals surface area contributed by atoms with E-state index in [2.05, 4.69) is 21.3 Å². The number of rotatable bonds is 51. The summed E-state index contributed by atoms with van der Waals surface area (Å²) >= 11 is 0. The molecule has 0 aliphatic heterocycles. The Bertz CT molecular complexity index is 1260. The van der Waals surface area contributed by atoms with E-state index < -0.39 is 18.0 Å². The second kappa shape index (κ2) is 48.6. The van der Waals surface area contributed by atoms with Crippen LogP contribution in [0, 0.1) is 0 Å². The summed E-state index contributed by atoms with van der Waals surface area (Å²) in [4.78, 5) is 70.8. The maximum Gasteiger partial charge on any atom is 0.326 e. The van der Waals surface area contributed by atoms with Crippen molar-refractivity contribution < 1.29 is 62.4 Å². The van der Waals surface area contributed by atoms with Gasteiger partial charge in [0.15, 0.2) is 6.54 Å². The van der Waals surface area contributed by atoms with Gasteiger partial charge < -0.3 is 66.8 Å². The minimum Gasteiger partial charge on any atom is -0.481 e. The number of nitrogens with one attached hydrogen (secondary N) is 4. The normalized spacial score (nSPS) is 11.7. The second-order valence-corrected chi connectivity index (χ2v) is 18.2. The number of quaternary nitrogens is 1. The molecule has 0 aliphatic carbocycles. The van der Waals surface area contributed by atoms with Gasteiger partial charge >= 0.3 is 11.9 Å². The third-order valence-corrected chi connectivity index (χ3v) is 11.3. The lowest BCUT2D eigenvalue weighted by molar-refractivity contribution is -0.881. The number of nitrogens with two attached hydrogens (primary N) is 1. The average Bonchev–Trinajstić information content (AvgIpc) is 3.27. The molecule has 19 nitrogen and oxygen atoms in total. The molecule has 0 spiro atoms. The minimum atomic E-state index is -1.15. The van der Waals surface area contributed by atoms with Crippen LogP contribution in [0.25, 0.3) is 0 Å². The van der Waals surface area contributed by atoms with E-state index in [4.69, 9.17) is 29.8 Å². The van der Waals surface area contributed by atoms with Gasteiger partial charge in [-0.05, 0) is 32.1 Å². The lowest BCUT2D eigenvalue weighted by atomic mass is 10.0. The number of unbranched alkanes of at least 4 members (excludes halogenated alkanes) is 20. The Kier molecular flexibility index (Phi) is 47.6. The van der Waals surface area contributed by atoms with Crippen molar-refractivity contribution in [3.8, 4) is 0 Å². The standard InChI is InChI=1S/C49H94N6O12.H3N/c1-55(2,33-29-50)41-46(58)53-32-36-66-39-40-67-42-47(59)51-30-23-19-15-11-12-16-20-24-34-64-37-38-65-35-31-52-44(56)28-27-43(49(62)63)54-45(57)25-21-17-13-9-7-5-3-4-6-8-10-14-18-22-26-48(60)61;/h43H,3-42,50H2,1-2H3,(H5-,51,52,53,54,56,57,58,59,60,61,62,63);1H3/p+1. The molecule has 0 heterocycles. The average molecular weight is 977 g/mol. The number of ether oxygens (including phenoxy) is 4. The van der Waals surface area contributed by atoms with Crippen LogP contribution in [0.2, 0.25) is 0 Å². The summed E-state index contributed by atoms with van der Waals surface area (Å²) in [5, 5.41) is 29.2. The Labute approximate surface area is 409 Å². The van der Waals surface area contributed by atoms with Gasteiger partial charge in [-0.15, -0.1) is 0 Å². The van der Waals surface area contributed by atoms with Crippen LogP contribution >= 0.6 is 0 Å². The predicted molar refractivity (Wildman–Crippen MR) is 265 cm³/mol. The van der Waals surface area contributed by atoms with Crippen LogP contribution in [0.15, 0.2) is 0 Å². The second-order valence-electron chi connectivity index (χ2n) is 18.2. The zero-order chi connectivity index (χ0) is 49.5. The molecule has 400 valence electrons. The molecule has 0 bridgehead atoms. The number of carboxylic acid groups (broad SMARTS) is 2. The molecule has 0 fully saturated rings. The topological polar surface area (TPSA) is 289 Å². The summed E-state index contributed by atoms with van der Waals surface area (Å²) < 4.78 is 22.5. The first-order valence-corrected chi connectivity index (χ1v) is 25.7. The quantitative estimate of drug-likeness (QED) is 0.0280. The maximum atomic E-state index is 12.4. The Morgan fingerprint density at radius 1 is 0.471 bits per heavy atom.